The van der Waals surface area contributed by atoms with E-state index in [1.165, 1.54) is 0 Å². The minimum Gasteiger partial charge on any atom is -0.269 e. The molecule has 0 saturated heterocycles. The van der Waals surface area contributed by atoms with Gasteiger partial charge in [0.1, 0.15) is 5.65 Å². The summed E-state index contributed by atoms with van der Waals surface area (Å²) in [6.45, 7) is 1.96. The monoisotopic (exact) mass is 356 g/mol. The molecule has 120 valence electrons. The second kappa shape index (κ2) is 5.76. The molecule has 0 atom stereocenters. The van der Waals surface area contributed by atoms with Gasteiger partial charge < -0.3 is 0 Å². The Kier molecular flexibility index (Phi) is 3.70. The van der Waals surface area contributed by atoms with E-state index < -0.39 is 0 Å². The standard InChI is InChI=1S/C19H14Cl2N2O/c1-11-5-8-17-22-18-12(6-7-13(18)19(24)23(17)10-11)9-14-15(20)3-2-4-16(14)21/h2-5,8-10H,6-7H2,1H3/b12-9-. The number of hydrogen-bond acceptors (Lipinski definition) is 2. The molecule has 2 heterocycles. The zero-order valence-electron chi connectivity index (χ0n) is 13.0. The van der Waals surface area contributed by atoms with Crippen molar-refractivity contribution in [2.45, 2.75) is 19.8 Å². The molecule has 5 heteroatoms. The van der Waals surface area contributed by atoms with Crippen molar-refractivity contribution < 1.29 is 0 Å². The topological polar surface area (TPSA) is 34.4 Å². The van der Waals surface area contributed by atoms with Crippen molar-refractivity contribution in [3.63, 3.8) is 0 Å². The quantitative estimate of drug-likeness (QED) is 0.627. The normalized spacial score (nSPS) is 15.2. The third kappa shape index (κ3) is 2.45. The van der Waals surface area contributed by atoms with E-state index in [1.807, 2.05) is 37.4 Å². The van der Waals surface area contributed by atoms with E-state index >= 15 is 0 Å². The van der Waals surface area contributed by atoms with Crippen LogP contribution in [0, 0.1) is 6.92 Å². The number of aromatic nitrogens is 2. The average Bonchev–Trinajstić information content (AvgIpc) is 2.95. The Hall–Kier alpha value is -2.10. The predicted octanol–water partition coefficient (Wildman–Crippen LogP) is 4.80. The second-order valence-corrected chi connectivity index (χ2v) is 6.80. The molecule has 0 fully saturated rings. The molecule has 0 unspecified atom stereocenters. The van der Waals surface area contributed by atoms with Crippen LogP contribution in [0.25, 0.3) is 17.3 Å². The van der Waals surface area contributed by atoms with E-state index in [1.54, 1.807) is 16.5 Å². The molecule has 3 aromatic rings. The van der Waals surface area contributed by atoms with E-state index in [0.29, 0.717) is 22.1 Å². The SMILES string of the molecule is Cc1ccc2nc3c(c(=O)n2c1)CC/C3=C/c1c(Cl)cccc1Cl. The Labute approximate surface area is 149 Å². The summed E-state index contributed by atoms with van der Waals surface area (Å²) in [6, 6.07) is 9.25. The van der Waals surface area contributed by atoms with E-state index in [-0.39, 0.29) is 5.56 Å². The van der Waals surface area contributed by atoms with Gasteiger partial charge in [0.2, 0.25) is 0 Å². The molecular weight excluding hydrogens is 343 g/mol. The van der Waals surface area contributed by atoms with E-state index in [9.17, 15) is 4.79 Å². The first kappa shape index (κ1) is 15.4. The third-order valence-electron chi connectivity index (χ3n) is 4.33. The first-order chi connectivity index (χ1) is 11.5. The van der Waals surface area contributed by atoms with E-state index in [2.05, 4.69) is 0 Å². The molecule has 0 saturated carbocycles. The molecule has 0 N–H and O–H groups in total. The van der Waals surface area contributed by atoms with Gasteiger partial charge in [-0.3, -0.25) is 9.20 Å². The molecule has 0 spiro atoms. The molecule has 3 nitrogen and oxygen atoms in total. The molecule has 1 aliphatic carbocycles. The van der Waals surface area contributed by atoms with Gasteiger partial charge >= 0.3 is 0 Å². The summed E-state index contributed by atoms with van der Waals surface area (Å²) in [6.07, 6.45) is 5.23. The number of aryl methyl sites for hydroxylation is 1. The van der Waals surface area contributed by atoms with Crippen molar-refractivity contribution in [3.8, 4) is 0 Å². The lowest BCUT2D eigenvalue weighted by molar-refractivity contribution is 0.965. The highest BCUT2D eigenvalue weighted by atomic mass is 35.5. The Bertz CT molecular complexity index is 1050. The minimum atomic E-state index is 0.00681. The van der Waals surface area contributed by atoms with Crippen LogP contribution >= 0.6 is 23.2 Å². The van der Waals surface area contributed by atoms with Gasteiger partial charge in [0.05, 0.1) is 5.69 Å². The second-order valence-electron chi connectivity index (χ2n) is 5.98. The van der Waals surface area contributed by atoms with Crippen molar-refractivity contribution >= 4 is 40.5 Å². The van der Waals surface area contributed by atoms with Crippen molar-refractivity contribution in [1.29, 1.82) is 0 Å². The minimum absolute atomic E-state index is 0.00681. The number of rotatable bonds is 1. The van der Waals surface area contributed by atoms with Crippen LogP contribution in [0.1, 0.15) is 28.8 Å². The van der Waals surface area contributed by atoms with Crippen LogP contribution in [-0.4, -0.2) is 9.38 Å². The van der Waals surface area contributed by atoms with Crippen LogP contribution < -0.4 is 5.56 Å². The Balaban J connectivity index is 1.94. The highest BCUT2D eigenvalue weighted by Gasteiger charge is 2.23. The summed E-state index contributed by atoms with van der Waals surface area (Å²) in [5, 5.41) is 1.19. The molecule has 0 radical (unpaired) electrons. The van der Waals surface area contributed by atoms with Gasteiger partial charge in [-0.05, 0) is 55.2 Å². The molecule has 24 heavy (non-hydrogen) atoms. The third-order valence-corrected chi connectivity index (χ3v) is 4.99. The van der Waals surface area contributed by atoms with Gasteiger partial charge in [-0.25, -0.2) is 4.98 Å². The largest absolute Gasteiger partial charge is 0.269 e. The van der Waals surface area contributed by atoms with Gasteiger partial charge in [0.15, 0.2) is 0 Å². The van der Waals surface area contributed by atoms with Gasteiger partial charge in [-0.15, -0.1) is 0 Å². The first-order valence-electron chi connectivity index (χ1n) is 7.71. The molecule has 4 rings (SSSR count). The number of allylic oxidation sites excluding steroid dienone is 1. The van der Waals surface area contributed by atoms with Gasteiger partial charge in [-0.1, -0.05) is 35.3 Å². The Morgan fingerprint density at radius 1 is 1.12 bits per heavy atom. The molecule has 0 bridgehead atoms. The lowest BCUT2D eigenvalue weighted by atomic mass is 10.1. The summed E-state index contributed by atoms with van der Waals surface area (Å²) < 4.78 is 1.62. The van der Waals surface area contributed by atoms with Crippen LogP contribution in [0.5, 0.6) is 0 Å². The zero-order chi connectivity index (χ0) is 16.8. The van der Waals surface area contributed by atoms with Crippen LogP contribution in [0.2, 0.25) is 10.0 Å². The van der Waals surface area contributed by atoms with E-state index in [0.717, 1.165) is 34.4 Å². The van der Waals surface area contributed by atoms with Crippen LogP contribution in [-0.2, 0) is 6.42 Å². The fraction of sp³-hybridized carbons (Fsp3) is 0.158. The van der Waals surface area contributed by atoms with Crippen LogP contribution in [0.15, 0.2) is 41.3 Å². The Morgan fingerprint density at radius 3 is 2.62 bits per heavy atom. The molecule has 1 aromatic carbocycles. The predicted molar refractivity (Wildman–Crippen MR) is 98.9 cm³/mol. The number of fused-ring (bicyclic) bond motifs is 2. The molecule has 0 amide bonds. The lowest BCUT2D eigenvalue weighted by Gasteiger charge is -2.07. The fourth-order valence-electron chi connectivity index (χ4n) is 3.11. The fourth-order valence-corrected chi connectivity index (χ4v) is 3.62. The summed E-state index contributed by atoms with van der Waals surface area (Å²) in [5.41, 5.74) is 4.99. The summed E-state index contributed by atoms with van der Waals surface area (Å²) >= 11 is 12.5. The zero-order valence-corrected chi connectivity index (χ0v) is 14.5. The van der Waals surface area contributed by atoms with Crippen LogP contribution in [0.3, 0.4) is 0 Å². The van der Waals surface area contributed by atoms with Crippen molar-refractivity contribution in [1.82, 2.24) is 9.38 Å². The number of nitrogens with zero attached hydrogens (tertiary/aromatic N) is 2. The highest BCUT2D eigenvalue weighted by molar-refractivity contribution is 6.37. The smallest absolute Gasteiger partial charge is 0.261 e. The molecular formula is C19H14Cl2N2O. The maximum Gasteiger partial charge on any atom is 0.261 e. The maximum atomic E-state index is 12.7. The number of pyridine rings is 1. The lowest BCUT2D eigenvalue weighted by Crippen LogP contribution is -2.19. The van der Waals surface area contributed by atoms with Crippen molar-refractivity contribution in [2.75, 3.05) is 0 Å². The molecule has 2 aromatic heterocycles. The van der Waals surface area contributed by atoms with Crippen molar-refractivity contribution in [2.24, 2.45) is 0 Å². The van der Waals surface area contributed by atoms with E-state index in [4.69, 9.17) is 28.2 Å². The molecule has 1 aliphatic rings. The average molecular weight is 357 g/mol. The number of halogens is 2. The van der Waals surface area contributed by atoms with Crippen LogP contribution in [0.4, 0.5) is 0 Å². The summed E-state index contributed by atoms with van der Waals surface area (Å²) in [5.74, 6) is 0. The highest BCUT2D eigenvalue weighted by Crippen LogP contribution is 2.34. The first-order valence-corrected chi connectivity index (χ1v) is 8.47. The van der Waals surface area contributed by atoms with Gasteiger partial charge in [-0.2, -0.15) is 0 Å². The van der Waals surface area contributed by atoms with Gasteiger partial charge in [0.25, 0.3) is 5.56 Å². The van der Waals surface area contributed by atoms with Gasteiger partial charge in [0, 0.05) is 27.4 Å². The summed E-state index contributed by atoms with van der Waals surface area (Å²) in [4.78, 5) is 17.5. The molecule has 0 aliphatic heterocycles. The maximum absolute atomic E-state index is 12.7. The number of hydrogen-bond donors (Lipinski definition) is 0. The number of benzene rings is 1. The summed E-state index contributed by atoms with van der Waals surface area (Å²) in [7, 11) is 0. The van der Waals surface area contributed by atoms with Crippen molar-refractivity contribution in [3.05, 3.63) is 79.3 Å². The Morgan fingerprint density at radius 2 is 1.88 bits per heavy atom.